The Morgan fingerprint density at radius 3 is 2.48 bits per heavy atom. The van der Waals surface area contributed by atoms with Gasteiger partial charge in [0, 0.05) is 16.9 Å². The van der Waals surface area contributed by atoms with Crippen LogP contribution in [0.15, 0.2) is 67.0 Å². The van der Waals surface area contributed by atoms with Crippen LogP contribution in [0.1, 0.15) is 59.9 Å². The van der Waals surface area contributed by atoms with Crippen molar-refractivity contribution in [3.8, 4) is 0 Å². The summed E-state index contributed by atoms with van der Waals surface area (Å²) < 4.78 is 1.67. The minimum absolute atomic E-state index is 0.136. The smallest absolute Gasteiger partial charge is 0.319 e. The SMILES string of the molecule is CC(C)c1cc(C(=O)c2cccc(NC(=O)N[C@H](C)c3ccccc3)c2)c2c(N)ncnn12. The molecule has 0 spiro atoms. The second-order valence-corrected chi connectivity index (χ2v) is 8.18. The van der Waals surface area contributed by atoms with Gasteiger partial charge in [-0.2, -0.15) is 5.10 Å². The number of nitrogens with one attached hydrogen (secondary N) is 2. The number of nitrogen functional groups attached to an aromatic ring is 1. The lowest BCUT2D eigenvalue weighted by Gasteiger charge is -2.15. The number of anilines is 2. The molecule has 8 nitrogen and oxygen atoms in total. The number of carbonyl (C=O) groups excluding carboxylic acids is 2. The van der Waals surface area contributed by atoms with E-state index in [-0.39, 0.29) is 29.6 Å². The molecule has 1 atom stereocenters. The Morgan fingerprint density at radius 2 is 1.76 bits per heavy atom. The molecule has 0 fully saturated rings. The van der Waals surface area contributed by atoms with Gasteiger partial charge in [0.1, 0.15) is 11.8 Å². The van der Waals surface area contributed by atoms with Gasteiger partial charge >= 0.3 is 6.03 Å². The van der Waals surface area contributed by atoms with Crippen LogP contribution in [0.5, 0.6) is 0 Å². The maximum Gasteiger partial charge on any atom is 0.319 e. The van der Waals surface area contributed by atoms with Gasteiger partial charge in [-0.05, 0) is 36.6 Å². The van der Waals surface area contributed by atoms with Gasteiger partial charge in [0.15, 0.2) is 11.6 Å². The average molecular weight is 443 g/mol. The number of nitrogens with two attached hydrogens (primary N) is 1. The highest BCUT2D eigenvalue weighted by atomic mass is 16.2. The molecule has 2 amide bonds. The third kappa shape index (κ3) is 4.55. The summed E-state index contributed by atoms with van der Waals surface area (Å²) in [7, 11) is 0. The summed E-state index contributed by atoms with van der Waals surface area (Å²) in [6, 6.07) is 17.8. The van der Waals surface area contributed by atoms with Gasteiger partial charge in [-0.1, -0.05) is 56.3 Å². The van der Waals surface area contributed by atoms with Crippen molar-refractivity contribution in [2.45, 2.75) is 32.7 Å². The van der Waals surface area contributed by atoms with E-state index in [0.29, 0.717) is 22.3 Å². The molecule has 0 aliphatic carbocycles. The molecule has 4 rings (SSSR count). The number of benzene rings is 2. The molecule has 0 saturated carbocycles. The van der Waals surface area contributed by atoms with E-state index in [4.69, 9.17) is 5.73 Å². The number of carbonyl (C=O) groups is 2. The van der Waals surface area contributed by atoms with E-state index in [1.807, 2.05) is 57.2 Å². The summed E-state index contributed by atoms with van der Waals surface area (Å²) in [6.07, 6.45) is 1.38. The summed E-state index contributed by atoms with van der Waals surface area (Å²) in [6.45, 7) is 5.95. The van der Waals surface area contributed by atoms with Crippen molar-refractivity contribution < 1.29 is 9.59 Å². The molecule has 0 radical (unpaired) electrons. The molecule has 4 N–H and O–H groups in total. The zero-order valence-electron chi connectivity index (χ0n) is 18.7. The number of rotatable bonds is 6. The van der Waals surface area contributed by atoms with Crippen molar-refractivity contribution in [3.63, 3.8) is 0 Å². The predicted octanol–water partition coefficient (Wildman–Crippen LogP) is 4.55. The largest absolute Gasteiger partial charge is 0.382 e. The Kier molecular flexibility index (Phi) is 6.08. The topological polar surface area (TPSA) is 114 Å². The molecule has 33 heavy (non-hydrogen) atoms. The van der Waals surface area contributed by atoms with E-state index in [9.17, 15) is 9.59 Å². The van der Waals surface area contributed by atoms with Gasteiger partial charge < -0.3 is 16.4 Å². The Hall–Kier alpha value is -4.20. The molecule has 0 unspecified atom stereocenters. The summed E-state index contributed by atoms with van der Waals surface area (Å²) in [5, 5.41) is 9.98. The first kappa shape index (κ1) is 22.0. The van der Waals surface area contributed by atoms with E-state index in [0.717, 1.165) is 11.3 Å². The summed E-state index contributed by atoms with van der Waals surface area (Å²) in [4.78, 5) is 30.0. The van der Waals surface area contributed by atoms with E-state index >= 15 is 0 Å². The number of urea groups is 1. The van der Waals surface area contributed by atoms with Crippen LogP contribution in [-0.2, 0) is 0 Å². The molecular formula is C25H26N6O2. The van der Waals surface area contributed by atoms with E-state index in [1.54, 1.807) is 28.8 Å². The number of nitrogens with zero attached hydrogens (tertiary/aromatic N) is 3. The molecule has 2 aromatic heterocycles. The summed E-state index contributed by atoms with van der Waals surface area (Å²) >= 11 is 0. The Bertz CT molecular complexity index is 1310. The number of aromatic nitrogens is 3. The second-order valence-electron chi connectivity index (χ2n) is 8.18. The standard InChI is InChI=1S/C25H26N6O2/c1-15(2)21-13-20(22-24(26)27-14-28-31(21)22)23(32)18-10-7-11-19(12-18)30-25(33)29-16(3)17-8-5-4-6-9-17/h4-16H,1-3H3,(H2,26,27,28)(H2,29,30,33)/t16-/m1/s1. The number of fused-ring (bicyclic) bond motifs is 1. The maximum atomic E-state index is 13.4. The van der Waals surface area contributed by atoms with Crippen LogP contribution in [0.25, 0.3) is 5.52 Å². The number of hydrogen-bond donors (Lipinski definition) is 3. The Morgan fingerprint density at radius 1 is 1.00 bits per heavy atom. The van der Waals surface area contributed by atoms with Crippen molar-refractivity contribution in [2.75, 3.05) is 11.1 Å². The number of amides is 2. The van der Waals surface area contributed by atoms with Gasteiger partial charge in [0.2, 0.25) is 0 Å². The lowest BCUT2D eigenvalue weighted by atomic mass is 10.0. The highest BCUT2D eigenvalue weighted by Crippen LogP contribution is 2.27. The molecule has 8 heteroatoms. The fraction of sp³-hybridized carbons (Fsp3) is 0.200. The quantitative estimate of drug-likeness (QED) is 0.379. The van der Waals surface area contributed by atoms with Crippen LogP contribution in [-0.4, -0.2) is 26.4 Å². The Balaban J connectivity index is 1.57. The van der Waals surface area contributed by atoms with Crippen LogP contribution in [0.4, 0.5) is 16.3 Å². The van der Waals surface area contributed by atoms with Crippen molar-refractivity contribution in [1.29, 1.82) is 0 Å². The third-order valence-corrected chi connectivity index (χ3v) is 5.48. The fourth-order valence-corrected chi connectivity index (χ4v) is 3.76. The molecular weight excluding hydrogens is 416 g/mol. The molecule has 0 aliphatic rings. The molecule has 2 heterocycles. The van der Waals surface area contributed by atoms with Crippen molar-refractivity contribution in [2.24, 2.45) is 0 Å². The highest BCUT2D eigenvalue weighted by Gasteiger charge is 2.22. The molecule has 0 bridgehead atoms. The van der Waals surface area contributed by atoms with Crippen LogP contribution in [0, 0.1) is 0 Å². The average Bonchev–Trinajstić information content (AvgIpc) is 3.20. The lowest BCUT2D eigenvalue weighted by Crippen LogP contribution is -2.31. The zero-order chi connectivity index (χ0) is 23.5. The van der Waals surface area contributed by atoms with E-state index in [2.05, 4.69) is 20.7 Å². The van der Waals surface area contributed by atoms with E-state index < -0.39 is 0 Å². The van der Waals surface area contributed by atoms with Crippen LogP contribution in [0.3, 0.4) is 0 Å². The molecule has 0 aliphatic heterocycles. The zero-order valence-corrected chi connectivity index (χ0v) is 18.7. The van der Waals surface area contributed by atoms with Crippen molar-refractivity contribution >= 4 is 28.8 Å². The first-order valence-corrected chi connectivity index (χ1v) is 10.7. The predicted molar refractivity (Wildman–Crippen MR) is 128 cm³/mol. The molecule has 4 aromatic rings. The number of hydrogen-bond acceptors (Lipinski definition) is 5. The normalized spacial score (nSPS) is 12.0. The monoisotopic (exact) mass is 442 g/mol. The van der Waals surface area contributed by atoms with Gasteiger partial charge in [0.05, 0.1) is 11.6 Å². The fourth-order valence-electron chi connectivity index (χ4n) is 3.76. The van der Waals surface area contributed by atoms with Crippen LogP contribution in [0.2, 0.25) is 0 Å². The highest BCUT2D eigenvalue weighted by molar-refractivity contribution is 6.15. The Labute approximate surface area is 191 Å². The lowest BCUT2D eigenvalue weighted by molar-refractivity contribution is 0.104. The van der Waals surface area contributed by atoms with Gasteiger partial charge in [0.25, 0.3) is 0 Å². The maximum absolute atomic E-state index is 13.4. The summed E-state index contributed by atoms with van der Waals surface area (Å²) in [5.41, 5.74) is 9.80. The van der Waals surface area contributed by atoms with Crippen molar-refractivity contribution in [3.05, 3.63) is 89.4 Å². The first-order chi connectivity index (χ1) is 15.8. The minimum atomic E-state index is -0.356. The van der Waals surface area contributed by atoms with Crippen molar-refractivity contribution in [1.82, 2.24) is 19.9 Å². The molecule has 2 aromatic carbocycles. The first-order valence-electron chi connectivity index (χ1n) is 10.7. The molecule has 0 saturated heterocycles. The van der Waals surface area contributed by atoms with Crippen LogP contribution >= 0.6 is 0 Å². The van der Waals surface area contributed by atoms with Gasteiger partial charge in [-0.3, -0.25) is 4.79 Å². The third-order valence-electron chi connectivity index (χ3n) is 5.48. The van der Waals surface area contributed by atoms with Gasteiger partial charge in [-0.15, -0.1) is 0 Å². The van der Waals surface area contributed by atoms with E-state index in [1.165, 1.54) is 6.33 Å². The molecule has 168 valence electrons. The van der Waals surface area contributed by atoms with Crippen LogP contribution < -0.4 is 16.4 Å². The van der Waals surface area contributed by atoms with Gasteiger partial charge in [-0.25, -0.2) is 14.3 Å². The minimum Gasteiger partial charge on any atom is -0.382 e. The number of ketones is 1. The second kappa shape index (κ2) is 9.12. The summed E-state index contributed by atoms with van der Waals surface area (Å²) in [5.74, 6) is 0.156.